The van der Waals surface area contributed by atoms with E-state index in [1.54, 1.807) is 19.1 Å². The Morgan fingerprint density at radius 2 is 1.54 bits per heavy atom. The lowest BCUT2D eigenvalue weighted by molar-refractivity contribution is -0.132. The molecular weight excluding hydrogens is 604 g/mol. The van der Waals surface area contributed by atoms with Crippen LogP contribution in [-0.4, -0.2) is 64.7 Å². The molecule has 0 saturated carbocycles. The number of benzene rings is 2. The van der Waals surface area contributed by atoms with Gasteiger partial charge >= 0.3 is 0 Å². The van der Waals surface area contributed by atoms with Crippen molar-refractivity contribution in [3.63, 3.8) is 0 Å². The van der Waals surface area contributed by atoms with Gasteiger partial charge in [-0.25, -0.2) is 0 Å². The highest BCUT2D eigenvalue weighted by Gasteiger charge is 2.29. The predicted molar refractivity (Wildman–Crippen MR) is 187 cm³/mol. The van der Waals surface area contributed by atoms with Crippen LogP contribution in [0.5, 0.6) is 0 Å². The van der Waals surface area contributed by atoms with Crippen molar-refractivity contribution in [3.05, 3.63) is 101 Å². The molecule has 0 aliphatic carbocycles. The van der Waals surface area contributed by atoms with Gasteiger partial charge in [-0.3, -0.25) is 29.1 Å². The monoisotopic (exact) mass is 654 g/mol. The average Bonchev–Trinajstić information content (AvgIpc) is 3.07. The van der Waals surface area contributed by atoms with Crippen molar-refractivity contribution in [2.75, 3.05) is 13.1 Å². The summed E-state index contributed by atoms with van der Waals surface area (Å²) in [6.45, 7) is 10.2. The van der Waals surface area contributed by atoms with E-state index >= 15 is 0 Å². The second-order valence-corrected chi connectivity index (χ2v) is 13.1. The van der Waals surface area contributed by atoms with E-state index in [0.29, 0.717) is 31.6 Å². The first-order valence-corrected chi connectivity index (χ1v) is 17.1. The molecule has 5 rings (SSSR count). The zero-order valence-corrected chi connectivity index (χ0v) is 28.6. The van der Waals surface area contributed by atoms with Crippen LogP contribution in [0.4, 0.5) is 0 Å². The summed E-state index contributed by atoms with van der Waals surface area (Å²) in [4.78, 5) is 60.5. The molecule has 1 aromatic heterocycles. The second kappa shape index (κ2) is 18.1. The van der Waals surface area contributed by atoms with E-state index in [1.165, 1.54) is 5.56 Å². The van der Waals surface area contributed by atoms with Gasteiger partial charge in [-0.2, -0.15) is 0 Å². The Labute approximate surface area is 284 Å². The number of nitrogens with one attached hydrogen (secondary N) is 4. The second-order valence-electron chi connectivity index (χ2n) is 13.1. The molecule has 2 aliphatic rings. The van der Waals surface area contributed by atoms with E-state index in [1.807, 2.05) is 62.5 Å². The van der Waals surface area contributed by atoms with Crippen LogP contribution in [0.3, 0.4) is 0 Å². The van der Waals surface area contributed by atoms with Gasteiger partial charge in [0.05, 0.1) is 5.69 Å². The highest BCUT2D eigenvalue weighted by atomic mass is 16.2. The Balaban J connectivity index is 1.59. The fourth-order valence-electron chi connectivity index (χ4n) is 5.70. The smallest absolute Gasteiger partial charge is 0.251 e. The van der Waals surface area contributed by atoms with Crippen LogP contribution in [0.1, 0.15) is 79.7 Å². The molecule has 3 heterocycles. The number of nitrogens with zero attached hydrogens (tertiary/aromatic N) is 2. The lowest BCUT2D eigenvalue weighted by atomic mass is 10.0. The molecule has 10 heteroatoms. The number of pyridine rings is 1. The van der Waals surface area contributed by atoms with Gasteiger partial charge in [-0.1, -0.05) is 69.3 Å². The summed E-state index contributed by atoms with van der Waals surface area (Å²) < 4.78 is 0. The molecule has 256 valence electrons. The summed E-state index contributed by atoms with van der Waals surface area (Å²) in [6.07, 6.45) is 5.07. The number of hydrogen-bond acceptors (Lipinski definition) is 6. The summed E-state index contributed by atoms with van der Waals surface area (Å²) >= 11 is 0. The molecular formula is C38H50N6O4. The molecule has 0 saturated heterocycles. The van der Waals surface area contributed by atoms with Gasteiger partial charge in [0.25, 0.3) is 5.91 Å². The van der Waals surface area contributed by atoms with Crippen LogP contribution in [-0.2, 0) is 40.3 Å². The summed E-state index contributed by atoms with van der Waals surface area (Å²) in [7, 11) is 0. The van der Waals surface area contributed by atoms with E-state index < -0.39 is 29.9 Å². The standard InChI is InChI=1S/C38H50N6O4/c1-5-28-15-18-32(40-23-28)25-44-20-10-9-19-39-35(45)27(4)41-37(47)33(21-26(2)3)43-38(48)34(22-29-11-7-6-8-12-29)42-36(46)31-16-13-30(24-44)14-17-31/h6-8,11-18,23,26-27,33-34H,5,9-10,19-22,24-25H2,1-4H3,(H,39,45)(H,41,47)(H,42,46)(H,43,48)/t27-,33+,34-/m1/s1. The molecule has 48 heavy (non-hydrogen) atoms. The van der Waals surface area contributed by atoms with Gasteiger partial charge in [0, 0.05) is 37.8 Å². The summed E-state index contributed by atoms with van der Waals surface area (Å²) in [5.74, 6) is -1.48. The quantitative estimate of drug-likeness (QED) is 0.286. The highest BCUT2D eigenvalue weighted by Crippen LogP contribution is 2.14. The van der Waals surface area contributed by atoms with E-state index in [2.05, 4.69) is 50.2 Å². The Morgan fingerprint density at radius 3 is 2.21 bits per heavy atom. The first kappa shape index (κ1) is 36.3. The van der Waals surface area contributed by atoms with Crippen LogP contribution in [0.25, 0.3) is 0 Å². The molecule has 0 spiro atoms. The van der Waals surface area contributed by atoms with Gasteiger partial charge in [-0.05, 0) is 80.0 Å². The number of hydrogen-bond donors (Lipinski definition) is 4. The van der Waals surface area contributed by atoms with Crippen molar-refractivity contribution >= 4 is 23.6 Å². The summed E-state index contributed by atoms with van der Waals surface area (Å²) in [6, 6.07) is 18.5. The fraction of sp³-hybridized carbons (Fsp3) is 0.447. The van der Waals surface area contributed by atoms with E-state index in [0.717, 1.165) is 42.6 Å². The van der Waals surface area contributed by atoms with E-state index in [9.17, 15) is 19.2 Å². The Kier molecular flexibility index (Phi) is 13.7. The molecule has 4 N–H and O–H groups in total. The first-order valence-electron chi connectivity index (χ1n) is 17.1. The topological polar surface area (TPSA) is 133 Å². The zero-order chi connectivity index (χ0) is 34.5. The van der Waals surface area contributed by atoms with Crippen molar-refractivity contribution < 1.29 is 19.2 Å². The van der Waals surface area contributed by atoms with Crippen molar-refractivity contribution in [3.8, 4) is 0 Å². The van der Waals surface area contributed by atoms with Gasteiger partial charge in [0.1, 0.15) is 18.1 Å². The van der Waals surface area contributed by atoms with Crippen LogP contribution in [0.2, 0.25) is 0 Å². The third-order valence-electron chi connectivity index (χ3n) is 8.50. The summed E-state index contributed by atoms with van der Waals surface area (Å²) in [5, 5.41) is 11.5. The Bertz CT molecular complexity index is 1490. The Hall–Kier alpha value is -4.57. The molecule has 2 bridgehead atoms. The van der Waals surface area contributed by atoms with Gasteiger partial charge in [-0.15, -0.1) is 0 Å². The van der Waals surface area contributed by atoms with E-state index in [4.69, 9.17) is 0 Å². The number of aryl methyl sites for hydroxylation is 1. The van der Waals surface area contributed by atoms with Gasteiger partial charge in [0.15, 0.2) is 0 Å². The zero-order valence-electron chi connectivity index (χ0n) is 28.6. The third kappa shape index (κ3) is 11.3. The van der Waals surface area contributed by atoms with Crippen LogP contribution >= 0.6 is 0 Å². The maximum atomic E-state index is 13.7. The van der Waals surface area contributed by atoms with Gasteiger partial charge in [0.2, 0.25) is 17.7 Å². The van der Waals surface area contributed by atoms with Crippen LogP contribution < -0.4 is 21.3 Å². The maximum absolute atomic E-state index is 13.7. The number of carbonyl (C=O) groups excluding carboxylic acids is 4. The fourth-order valence-corrected chi connectivity index (χ4v) is 5.70. The highest BCUT2D eigenvalue weighted by molar-refractivity contribution is 5.99. The summed E-state index contributed by atoms with van der Waals surface area (Å²) in [5.41, 5.74) is 4.52. The molecule has 10 nitrogen and oxygen atoms in total. The normalized spacial score (nSPS) is 20.7. The van der Waals surface area contributed by atoms with Crippen LogP contribution in [0.15, 0.2) is 72.9 Å². The van der Waals surface area contributed by atoms with Crippen molar-refractivity contribution in [1.29, 1.82) is 0 Å². The number of amides is 4. The predicted octanol–water partition coefficient (Wildman–Crippen LogP) is 3.93. The largest absolute Gasteiger partial charge is 0.354 e. The number of carbonyl (C=O) groups is 4. The average molecular weight is 655 g/mol. The minimum Gasteiger partial charge on any atom is -0.354 e. The van der Waals surface area contributed by atoms with Gasteiger partial charge < -0.3 is 21.3 Å². The molecule has 2 aliphatic heterocycles. The molecule has 3 atom stereocenters. The molecule has 0 unspecified atom stereocenters. The Morgan fingerprint density at radius 1 is 0.812 bits per heavy atom. The van der Waals surface area contributed by atoms with Crippen LogP contribution in [0, 0.1) is 5.92 Å². The number of fused-ring (bicyclic) bond motifs is 18. The minimum absolute atomic E-state index is 0.0893. The molecule has 4 amide bonds. The molecule has 2 aromatic carbocycles. The lowest BCUT2D eigenvalue weighted by Crippen LogP contribution is -2.57. The number of rotatable bonds is 7. The number of aromatic nitrogens is 1. The molecule has 3 aromatic rings. The van der Waals surface area contributed by atoms with Crippen molar-refractivity contribution in [2.45, 2.75) is 91.0 Å². The SMILES string of the molecule is CCc1ccc(CN2CCCCNC(=O)[C@@H](C)NC(=O)[C@H](CC(C)C)NC(=O)[C@@H](Cc3ccccc3)NC(=O)c3ccc(cc3)C2)nc1. The first-order chi connectivity index (χ1) is 23.1. The lowest BCUT2D eigenvalue weighted by Gasteiger charge is -2.25. The minimum atomic E-state index is -0.932. The van der Waals surface area contributed by atoms with Crippen molar-refractivity contribution in [1.82, 2.24) is 31.2 Å². The third-order valence-corrected chi connectivity index (χ3v) is 8.50. The van der Waals surface area contributed by atoms with Crippen molar-refractivity contribution in [2.24, 2.45) is 5.92 Å². The molecule has 0 fully saturated rings. The van der Waals surface area contributed by atoms with E-state index in [-0.39, 0.29) is 24.2 Å². The molecule has 0 radical (unpaired) electrons. The maximum Gasteiger partial charge on any atom is 0.251 e.